The van der Waals surface area contributed by atoms with Gasteiger partial charge in [-0.15, -0.1) is 0 Å². The number of carboxylic acids is 1. The predicted molar refractivity (Wildman–Crippen MR) is 60.6 cm³/mol. The van der Waals surface area contributed by atoms with Crippen molar-refractivity contribution in [3.63, 3.8) is 0 Å². The molecule has 0 bridgehead atoms. The van der Waals surface area contributed by atoms with Crippen LogP contribution in [-0.4, -0.2) is 31.0 Å². The van der Waals surface area contributed by atoms with Gasteiger partial charge >= 0.3 is 11.7 Å². The lowest BCUT2D eigenvalue weighted by Crippen LogP contribution is -2.01. The molecule has 0 saturated heterocycles. The molecule has 2 N–H and O–H groups in total. The van der Waals surface area contributed by atoms with Crippen molar-refractivity contribution in [2.24, 2.45) is 0 Å². The highest BCUT2D eigenvalue weighted by atomic mass is 32.2. The number of nitrogens with zero attached hydrogens (tertiary/aromatic N) is 3. The second kappa shape index (κ2) is 4.84. The summed E-state index contributed by atoms with van der Waals surface area (Å²) >= 11 is 0.957. The fraction of sp³-hybridized carbons (Fsp3) is 0. The second-order valence-electron chi connectivity index (χ2n) is 3.11. The number of rotatable bonds is 4. The van der Waals surface area contributed by atoms with E-state index >= 15 is 0 Å². The zero-order valence-corrected chi connectivity index (χ0v) is 9.55. The van der Waals surface area contributed by atoms with E-state index in [-0.39, 0.29) is 16.3 Å². The Kier molecular flexibility index (Phi) is 3.24. The van der Waals surface area contributed by atoms with Crippen LogP contribution < -0.4 is 0 Å². The van der Waals surface area contributed by atoms with E-state index < -0.39 is 10.9 Å². The molecule has 0 aliphatic heterocycles. The highest BCUT2D eigenvalue weighted by molar-refractivity contribution is 7.99. The van der Waals surface area contributed by atoms with Gasteiger partial charge < -0.3 is 10.1 Å². The number of hydrogen-bond donors (Lipinski definition) is 2. The molecule has 2 heterocycles. The lowest BCUT2D eigenvalue weighted by atomic mass is 10.3. The fourth-order valence-corrected chi connectivity index (χ4v) is 1.93. The summed E-state index contributed by atoms with van der Waals surface area (Å²) in [5, 5.41) is 20.1. The molecule has 2 rings (SSSR count). The summed E-state index contributed by atoms with van der Waals surface area (Å²) in [5.41, 5.74) is -0.596. The molecule has 0 radical (unpaired) electrons. The molecule has 0 aromatic carbocycles. The summed E-state index contributed by atoms with van der Waals surface area (Å²) in [6.45, 7) is 0. The van der Waals surface area contributed by atoms with E-state index in [0.717, 1.165) is 24.0 Å². The SMILES string of the molecule is O=C(O)c1cnc(Sc2ncc[nH]2)c([N+](=O)[O-])c1. The highest BCUT2D eigenvalue weighted by Crippen LogP contribution is 2.31. The Bertz CT molecular complexity index is 599. The minimum atomic E-state index is -1.26. The van der Waals surface area contributed by atoms with Crippen LogP contribution in [0.3, 0.4) is 0 Å². The maximum atomic E-state index is 10.9. The Hall–Kier alpha value is -2.42. The van der Waals surface area contributed by atoms with Gasteiger partial charge in [0.05, 0.1) is 10.5 Å². The first-order chi connectivity index (χ1) is 8.58. The number of imidazole rings is 1. The Morgan fingerprint density at radius 3 is 2.83 bits per heavy atom. The maximum absolute atomic E-state index is 10.9. The minimum absolute atomic E-state index is 0.0833. The Morgan fingerprint density at radius 1 is 1.50 bits per heavy atom. The topological polar surface area (TPSA) is 122 Å². The van der Waals surface area contributed by atoms with Gasteiger partial charge in [0.25, 0.3) is 0 Å². The number of hydrogen-bond acceptors (Lipinski definition) is 6. The van der Waals surface area contributed by atoms with Gasteiger partial charge in [-0.05, 0) is 11.8 Å². The first-order valence-electron chi connectivity index (χ1n) is 4.63. The van der Waals surface area contributed by atoms with Crippen molar-refractivity contribution < 1.29 is 14.8 Å². The van der Waals surface area contributed by atoms with Crippen LogP contribution >= 0.6 is 11.8 Å². The molecule has 2 aromatic heterocycles. The van der Waals surface area contributed by atoms with E-state index in [0.29, 0.717) is 5.16 Å². The largest absolute Gasteiger partial charge is 0.478 e. The van der Waals surface area contributed by atoms with Gasteiger partial charge in [0, 0.05) is 24.7 Å². The minimum Gasteiger partial charge on any atom is -0.478 e. The molecule has 0 aliphatic carbocycles. The predicted octanol–water partition coefficient (Wildman–Crippen LogP) is 1.56. The van der Waals surface area contributed by atoms with Gasteiger partial charge in [-0.25, -0.2) is 14.8 Å². The third-order valence-corrected chi connectivity index (χ3v) is 2.87. The average molecular weight is 266 g/mol. The highest BCUT2D eigenvalue weighted by Gasteiger charge is 2.20. The zero-order valence-electron chi connectivity index (χ0n) is 8.73. The normalized spacial score (nSPS) is 10.2. The number of carboxylic acid groups (broad SMARTS) is 1. The van der Waals surface area contributed by atoms with Crippen LogP contribution in [-0.2, 0) is 0 Å². The molecule has 9 heteroatoms. The lowest BCUT2D eigenvalue weighted by molar-refractivity contribution is -0.388. The van der Waals surface area contributed by atoms with Gasteiger partial charge in [-0.3, -0.25) is 10.1 Å². The quantitative estimate of drug-likeness (QED) is 0.635. The average Bonchev–Trinajstić information content (AvgIpc) is 2.81. The lowest BCUT2D eigenvalue weighted by Gasteiger charge is -2.00. The van der Waals surface area contributed by atoms with Gasteiger partial charge in [0.1, 0.15) is 0 Å². The molecule has 0 spiro atoms. The van der Waals surface area contributed by atoms with Crippen molar-refractivity contribution in [1.82, 2.24) is 15.0 Å². The number of nitro groups is 1. The summed E-state index contributed by atoms with van der Waals surface area (Å²) in [6.07, 6.45) is 4.14. The zero-order chi connectivity index (χ0) is 13.1. The van der Waals surface area contributed by atoms with E-state index in [2.05, 4.69) is 15.0 Å². The van der Waals surface area contributed by atoms with Crippen molar-refractivity contribution in [3.05, 3.63) is 40.3 Å². The van der Waals surface area contributed by atoms with Crippen molar-refractivity contribution in [2.45, 2.75) is 10.2 Å². The van der Waals surface area contributed by atoms with Gasteiger partial charge in [-0.2, -0.15) is 0 Å². The molecule has 0 fully saturated rings. The van der Waals surface area contributed by atoms with Crippen LogP contribution in [0.4, 0.5) is 5.69 Å². The van der Waals surface area contributed by atoms with E-state index in [4.69, 9.17) is 5.11 Å². The number of nitrogens with one attached hydrogen (secondary N) is 1. The number of aromatic carboxylic acids is 1. The standard InChI is InChI=1S/C9H6N4O4S/c14-8(15)5-3-6(13(16)17)7(12-4-5)18-9-10-1-2-11-9/h1-4H,(H,10,11)(H,14,15). The Morgan fingerprint density at radius 2 is 2.28 bits per heavy atom. The van der Waals surface area contributed by atoms with Gasteiger partial charge in [0.2, 0.25) is 0 Å². The van der Waals surface area contributed by atoms with Crippen LogP contribution in [0.2, 0.25) is 0 Å². The smallest absolute Gasteiger partial charge is 0.337 e. The molecular weight excluding hydrogens is 260 g/mol. The third kappa shape index (κ3) is 2.46. The second-order valence-corrected chi connectivity index (χ2v) is 4.08. The monoisotopic (exact) mass is 266 g/mol. The molecule has 0 atom stereocenters. The Balaban J connectivity index is 2.40. The summed E-state index contributed by atoms with van der Waals surface area (Å²) in [6, 6.07) is 0.973. The molecule has 0 amide bonds. The molecule has 18 heavy (non-hydrogen) atoms. The third-order valence-electron chi connectivity index (χ3n) is 1.94. The number of pyridine rings is 1. The van der Waals surface area contributed by atoms with Crippen molar-refractivity contribution in [3.8, 4) is 0 Å². The van der Waals surface area contributed by atoms with Crippen LogP contribution in [0.1, 0.15) is 10.4 Å². The number of aromatic nitrogens is 3. The van der Waals surface area contributed by atoms with Crippen molar-refractivity contribution in [2.75, 3.05) is 0 Å². The maximum Gasteiger partial charge on any atom is 0.337 e. The van der Waals surface area contributed by atoms with Gasteiger partial charge in [0.15, 0.2) is 10.2 Å². The summed E-state index contributed by atoms with van der Waals surface area (Å²) in [4.78, 5) is 31.3. The number of aromatic amines is 1. The Labute approximate surface area is 104 Å². The van der Waals surface area contributed by atoms with E-state index in [9.17, 15) is 14.9 Å². The summed E-state index contributed by atoms with van der Waals surface area (Å²) in [7, 11) is 0. The number of H-pyrrole nitrogens is 1. The first kappa shape index (κ1) is 12.0. The van der Waals surface area contributed by atoms with Crippen LogP contribution in [0.25, 0.3) is 0 Å². The molecule has 0 unspecified atom stereocenters. The van der Waals surface area contributed by atoms with Crippen LogP contribution in [0.5, 0.6) is 0 Å². The first-order valence-corrected chi connectivity index (χ1v) is 5.44. The van der Waals surface area contributed by atoms with Crippen LogP contribution in [0.15, 0.2) is 34.8 Å². The van der Waals surface area contributed by atoms with E-state index in [1.807, 2.05) is 0 Å². The molecule has 2 aromatic rings. The summed E-state index contributed by atoms with van der Waals surface area (Å²) < 4.78 is 0. The van der Waals surface area contributed by atoms with E-state index in [1.54, 1.807) is 6.20 Å². The van der Waals surface area contributed by atoms with E-state index in [1.165, 1.54) is 6.20 Å². The molecule has 92 valence electrons. The van der Waals surface area contributed by atoms with Crippen LogP contribution in [0, 0.1) is 10.1 Å². The summed E-state index contributed by atoms with van der Waals surface area (Å²) in [5.74, 6) is -1.26. The molecule has 0 saturated carbocycles. The molecule has 8 nitrogen and oxygen atoms in total. The fourth-order valence-electron chi connectivity index (χ4n) is 1.17. The molecule has 0 aliphatic rings. The number of carbonyl (C=O) groups is 1. The molecular formula is C9H6N4O4S. The van der Waals surface area contributed by atoms with Gasteiger partial charge in [-0.1, -0.05) is 0 Å². The van der Waals surface area contributed by atoms with Crippen molar-refractivity contribution >= 4 is 23.4 Å². The van der Waals surface area contributed by atoms with Crippen molar-refractivity contribution in [1.29, 1.82) is 0 Å².